The van der Waals surface area contributed by atoms with E-state index in [1.807, 2.05) is 24.3 Å². The number of unbranched alkanes of at least 4 members (excludes halogenated alkanes) is 4. The number of ether oxygens (including phenoxy) is 1. The summed E-state index contributed by atoms with van der Waals surface area (Å²) in [4.78, 5) is 10.5. The molecule has 0 heterocycles. The number of carbonyl (C=O) groups is 1. The molecule has 19 heavy (non-hydrogen) atoms. The van der Waals surface area contributed by atoms with E-state index in [1.54, 1.807) is 0 Å². The molecule has 0 unspecified atom stereocenters. The zero-order valence-electron chi connectivity index (χ0n) is 11.7. The first-order valence-corrected chi connectivity index (χ1v) is 7.16. The monoisotopic (exact) mass is 264 g/mol. The molecular weight excluding hydrogens is 240 g/mol. The van der Waals surface area contributed by atoms with Crippen LogP contribution in [0, 0.1) is 0 Å². The van der Waals surface area contributed by atoms with Crippen molar-refractivity contribution in [3.05, 3.63) is 29.8 Å². The van der Waals surface area contributed by atoms with Gasteiger partial charge in [-0.15, -0.1) is 0 Å². The average Bonchev–Trinajstić information content (AvgIpc) is 2.41. The Hall–Kier alpha value is -1.51. The third-order valence-corrected chi connectivity index (χ3v) is 3.04. The smallest absolute Gasteiger partial charge is 0.303 e. The molecule has 0 aliphatic heterocycles. The van der Waals surface area contributed by atoms with E-state index in [2.05, 4.69) is 6.92 Å². The van der Waals surface area contributed by atoms with Gasteiger partial charge in [0.05, 0.1) is 6.61 Å². The van der Waals surface area contributed by atoms with Gasteiger partial charge in [0.2, 0.25) is 0 Å². The molecule has 1 rings (SSSR count). The van der Waals surface area contributed by atoms with Crippen LogP contribution in [0.4, 0.5) is 0 Å². The second-order valence-electron chi connectivity index (χ2n) is 4.80. The Morgan fingerprint density at radius 2 is 2.00 bits per heavy atom. The van der Waals surface area contributed by atoms with E-state index >= 15 is 0 Å². The highest BCUT2D eigenvalue weighted by Crippen LogP contribution is 2.15. The summed E-state index contributed by atoms with van der Waals surface area (Å²) in [5.74, 6) is 0.0839. The Kier molecular flexibility index (Phi) is 7.71. The minimum atomic E-state index is -0.762. The van der Waals surface area contributed by atoms with Gasteiger partial charge in [0.25, 0.3) is 0 Å². The summed E-state index contributed by atoms with van der Waals surface area (Å²) in [5, 5.41) is 8.66. The van der Waals surface area contributed by atoms with Gasteiger partial charge in [-0.1, -0.05) is 44.7 Å². The maximum absolute atomic E-state index is 10.5. The van der Waals surface area contributed by atoms with Crippen LogP contribution in [0.15, 0.2) is 24.3 Å². The van der Waals surface area contributed by atoms with Crippen LogP contribution < -0.4 is 4.74 Å². The molecule has 0 radical (unpaired) electrons. The van der Waals surface area contributed by atoms with Crippen molar-refractivity contribution < 1.29 is 14.6 Å². The van der Waals surface area contributed by atoms with Crippen LogP contribution in [0.1, 0.15) is 51.0 Å². The lowest BCUT2D eigenvalue weighted by Crippen LogP contribution is -2.00. The van der Waals surface area contributed by atoms with E-state index in [-0.39, 0.29) is 6.42 Å². The van der Waals surface area contributed by atoms with E-state index < -0.39 is 5.97 Å². The van der Waals surface area contributed by atoms with Crippen molar-refractivity contribution in [3.63, 3.8) is 0 Å². The second-order valence-corrected chi connectivity index (χ2v) is 4.80. The van der Waals surface area contributed by atoms with Gasteiger partial charge in [-0.3, -0.25) is 4.79 Å². The normalized spacial score (nSPS) is 10.4. The zero-order valence-corrected chi connectivity index (χ0v) is 11.7. The van der Waals surface area contributed by atoms with E-state index in [0.717, 1.165) is 24.3 Å². The standard InChI is InChI=1S/C16H24O3/c1-2-3-4-5-6-12-19-15-9-7-8-14(13-15)10-11-16(17)18/h7-9,13H,2-6,10-12H2,1H3,(H,17,18). The Bertz CT molecular complexity index is 374. The molecule has 0 saturated heterocycles. The summed E-state index contributed by atoms with van der Waals surface area (Å²) in [6.07, 6.45) is 6.85. The Balaban J connectivity index is 2.25. The van der Waals surface area contributed by atoms with Gasteiger partial charge in [0.1, 0.15) is 5.75 Å². The molecule has 1 aromatic carbocycles. The van der Waals surface area contributed by atoms with Gasteiger partial charge in [-0.25, -0.2) is 0 Å². The van der Waals surface area contributed by atoms with Crippen LogP contribution >= 0.6 is 0 Å². The molecule has 0 fully saturated rings. The van der Waals surface area contributed by atoms with Crippen molar-refractivity contribution in [2.24, 2.45) is 0 Å². The summed E-state index contributed by atoms with van der Waals surface area (Å²) in [7, 11) is 0. The summed E-state index contributed by atoms with van der Waals surface area (Å²) in [6.45, 7) is 2.95. The summed E-state index contributed by atoms with van der Waals surface area (Å²) >= 11 is 0. The zero-order chi connectivity index (χ0) is 13.9. The van der Waals surface area contributed by atoms with Crippen molar-refractivity contribution in [3.8, 4) is 5.75 Å². The third-order valence-electron chi connectivity index (χ3n) is 3.04. The van der Waals surface area contributed by atoms with Crippen molar-refractivity contribution in [1.29, 1.82) is 0 Å². The average molecular weight is 264 g/mol. The van der Waals surface area contributed by atoms with Gasteiger partial charge in [0, 0.05) is 6.42 Å². The van der Waals surface area contributed by atoms with Crippen LogP contribution in [0.5, 0.6) is 5.75 Å². The first kappa shape index (κ1) is 15.5. The maximum Gasteiger partial charge on any atom is 0.303 e. The predicted octanol–water partition coefficient (Wildman–Crippen LogP) is 4.05. The van der Waals surface area contributed by atoms with Gasteiger partial charge >= 0.3 is 5.97 Å². The fourth-order valence-electron chi connectivity index (χ4n) is 1.94. The molecule has 0 amide bonds. The van der Waals surface area contributed by atoms with Gasteiger partial charge < -0.3 is 9.84 Å². The van der Waals surface area contributed by atoms with E-state index in [0.29, 0.717) is 6.42 Å². The SMILES string of the molecule is CCCCCCCOc1cccc(CCC(=O)O)c1. The Labute approximate surface area is 115 Å². The highest BCUT2D eigenvalue weighted by molar-refractivity contribution is 5.67. The lowest BCUT2D eigenvalue weighted by Gasteiger charge is -2.07. The molecule has 1 aromatic rings. The molecular formula is C16H24O3. The largest absolute Gasteiger partial charge is 0.494 e. The fraction of sp³-hybridized carbons (Fsp3) is 0.562. The highest BCUT2D eigenvalue weighted by atomic mass is 16.5. The number of hydrogen-bond acceptors (Lipinski definition) is 2. The number of rotatable bonds is 10. The molecule has 0 aromatic heterocycles. The number of carboxylic acids is 1. The molecule has 0 bridgehead atoms. The number of benzene rings is 1. The van der Waals surface area contributed by atoms with E-state index in [9.17, 15) is 4.79 Å². The van der Waals surface area contributed by atoms with Gasteiger partial charge in [-0.2, -0.15) is 0 Å². The van der Waals surface area contributed by atoms with Gasteiger partial charge in [-0.05, 0) is 30.5 Å². The maximum atomic E-state index is 10.5. The second kappa shape index (κ2) is 9.42. The fourth-order valence-corrected chi connectivity index (χ4v) is 1.94. The molecule has 0 atom stereocenters. The van der Waals surface area contributed by atoms with Gasteiger partial charge in [0.15, 0.2) is 0 Å². The number of carboxylic acid groups (broad SMARTS) is 1. The van der Waals surface area contributed by atoms with Crippen molar-refractivity contribution >= 4 is 5.97 Å². The van der Waals surface area contributed by atoms with Crippen LogP contribution in [-0.2, 0) is 11.2 Å². The molecule has 0 saturated carbocycles. The Morgan fingerprint density at radius 3 is 2.74 bits per heavy atom. The lowest BCUT2D eigenvalue weighted by atomic mass is 10.1. The van der Waals surface area contributed by atoms with Crippen molar-refractivity contribution in [2.45, 2.75) is 51.9 Å². The quantitative estimate of drug-likeness (QED) is 0.648. The highest BCUT2D eigenvalue weighted by Gasteiger charge is 2.01. The summed E-state index contributed by atoms with van der Waals surface area (Å²) < 4.78 is 5.69. The van der Waals surface area contributed by atoms with Crippen LogP contribution in [0.25, 0.3) is 0 Å². The number of aryl methyl sites for hydroxylation is 1. The lowest BCUT2D eigenvalue weighted by molar-refractivity contribution is -0.136. The third kappa shape index (κ3) is 7.50. The minimum absolute atomic E-state index is 0.167. The predicted molar refractivity (Wildman–Crippen MR) is 76.7 cm³/mol. The first-order valence-electron chi connectivity index (χ1n) is 7.16. The van der Waals surface area contributed by atoms with Crippen molar-refractivity contribution in [2.75, 3.05) is 6.61 Å². The van der Waals surface area contributed by atoms with Crippen molar-refractivity contribution in [1.82, 2.24) is 0 Å². The summed E-state index contributed by atoms with van der Waals surface area (Å²) in [6, 6.07) is 7.73. The topological polar surface area (TPSA) is 46.5 Å². The molecule has 0 aliphatic rings. The first-order chi connectivity index (χ1) is 9.22. The molecule has 3 heteroatoms. The van der Waals surface area contributed by atoms with Crippen LogP contribution in [-0.4, -0.2) is 17.7 Å². The number of hydrogen-bond donors (Lipinski definition) is 1. The molecule has 1 N–H and O–H groups in total. The summed E-state index contributed by atoms with van der Waals surface area (Å²) in [5.41, 5.74) is 1.02. The van der Waals surface area contributed by atoms with Crippen LogP contribution in [0.3, 0.4) is 0 Å². The van der Waals surface area contributed by atoms with E-state index in [4.69, 9.17) is 9.84 Å². The molecule has 0 aliphatic carbocycles. The van der Waals surface area contributed by atoms with Crippen LogP contribution in [0.2, 0.25) is 0 Å². The Morgan fingerprint density at radius 1 is 1.21 bits per heavy atom. The molecule has 0 spiro atoms. The van der Waals surface area contributed by atoms with E-state index in [1.165, 1.54) is 25.7 Å². The molecule has 3 nitrogen and oxygen atoms in total. The number of aliphatic carboxylic acids is 1. The minimum Gasteiger partial charge on any atom is -0.494 e. The molecule has 106 valence electrons.